The normalized spacial score (nSPS) is 10.9. The molecule has 0 radical (unpaired) electrons. The predicted molar refractivity (Wildman–Crippen MR) is 76.9 cm³/mol. The Labute approximate surface area is 114 Å². The molecular weight excluding hydrogens is 236 g/mol. The Morgan fingerprint density at radius 1 is 1.32 bits per heavy atom. The zero-order valence-corrected chi connectivity index (χ0v) is 11.8. The maximum Gasteiger partial charge on any atom is 0.247 e. The lowest BCUT2D eigenvalue weighted by molar-refractivity contribution is 0.466. The highest BCUT2D eigenvalue weighted by atomic mass is 16.4. The molecule has 1 heterocycles. The molecule has 0 spiro atoms. The Hall–Kier alpha value is -1.90. The molecule has 3 heteroatoms. The van der Waals surface area contributed by atoms with Crippen molar-refractivity contribution in [3.8, 4) is 11.5 Å². The maximum atomic E-state index is 5.71. The highest BCUT2D eigenvalue weighted by Crippen LogP contribution is 2.22. The minimum absolute atomic E-state index is 0.516. The van der Waals surface area contributed by atoms with Gasteiger partial charge in [0.05, 0.1) is 0 Å². The summed E-state index contributed by atoms with van der Waals surface area (Å²) in [5.74, 6) is 1.82. The van der Waals surface area contributed by atoms with E-state index in [0.29, 0.717) is 17.7 Å². The maximum absolute atomic E-state index is 5.71. The molecule has 2 rings (SSSR count). The lowest BCUT2D eigenvalue weighted by Gasteiger charge is -2.04. The molecule has 0 aliphatic rings. The van der Waals surface area contributed by atoms with Gasteiger partial charge in [0.1, 0.15) is 0 Å². The third kappa shape index (κ3) is 3.31. The van der Waals surface area contributed by atoms with Crippen molar-refractivity contribution >= 4 is 0 Å². The van der Waals surface area contributed by atoms with Gasteiger partial charge in [-0.25, -0.2) is 0 Å². The molecule has 0 amide bonds. The van der Waals surface area contributed by atoms with Gasteiger partial charge in [-0.2, -0.15) is 0 Å². The Morgan fingerprint density at radius 3 is 2.79 bits per heavy atom. The predicted octanol–water partition coefficient (Wildman–Crippen LogP) is 3.97. The first-order valence-electron chi connectivity index (χ1n) is 6.63. The minimum Gasteiger partial charge on any atom is -0.421 e. The quantitative estimate of drug-likeness (QED) is 0.760. The van der Waals surface area contributed by atoms with Crippen molar-refractivity contribution in [2.24, 2.45) is 5.92 Å². The van der Waals surface area contributed by atoms with Gasteiger partial charge in [0.2, 0.25) is 11.8 Å². The van der Waals surface area contributed by atoms with Crippen LogP contribution in [0.1, 0.15) is 30.9 Å². The summed E-state index contributed by atoms with van der Waals surface area (Å²) in [6, 6.07) is 6.21. The summed E-state index contributed by atoms with van der Waals surface area (Å²) in [6.07, 6.45) is 3.58. The number of aromatic nitrogens is 2. The highest BCUT2D eigenvalue weighted by Gasteiger charge is 2.10. The first-order chi connectivity index (χ1) is 9.10. The van der Waals surface area contributed by atoms with Gasteiger partial charge in [-0.3, -0.25) is 0 Å². The molecule has 0 bridgehead atoms. The van der Waals surface area contributed by atoms with Crippen LogP contribution in [0.3, 0.4) is 0 Å². The van der Waals surface area contributed by atoms with Crippen molar-refractivity contribution < 1.29 is 4.42 Å². The SMILES string of the molecule is C=CCc1cc(-c2nnc(CC(C)C)o2)ccc1C. The van der Waals surface area contributed by atoms with E-state index >= 15 is 0 Å². The van der Waals surface area contributed by atoms with Gasteiger partial charge in [0.25, 0.3) is 0 Å². The second-order valence-corrected chi connectivity index (χ2v) is 5.23. The molecule has 2 aromatic rings. The fourth-order valence-electron chi connectivity index (χ4n) is 1.98. The topological polar surface area (TPSA) is 38.9 Å². The summed E-state index contributed by atoms with van der Waals surface area (Å²) in [5.41, 5.74) is 3.48. The van der Waals surface area contributed by atoms with E-state index in [0.717, 1.165) is 18.4 Å². The van der Waals surface area contributed by atoms with E-state index in [1.54, 1.807) is 0 Å². The second-order valence-electron chi connectivity index (χ2n) is 5.23. The molecule has 19 heavy (non-hydrogen) atoms. The van der Waals surface area contributed by atoms with Gasteiger partial charge in [-0.15, -0.1) is 16.8 Å². The van der Waals surface area contributed by atoms with Gasteiger partial charge < -0.3 is 4.42 Å². The number of benzene rings is 1. The van der Waals surface area contributed by atoms with Gasteiger partial charge in [0.15, 0.2) is 0 Å². The fraction of sp³-hybridized carbons (Fsp3) is 0.375. The molecule has 0 unspecified atom stereocenters. The van der Waals surface area contributed by atoms with Crippen LogP contribution < -0.4 is 0 Å². The van der Waals surface area contributed by atoms with Gasteiger partial charge >= 0.3 is 0 Å². The van der Waals surface area contributed by atoms with Crippen molar-refractivity contribution in [1.29, 1.82) is 0 Å². The molecule has 0 saturated heterocycles. The minimum atomic E-state index is 0.516. The van der Waals surface area contributed by atoms with Crippen molar-refractivity contribution in [3.05, 3.63) is 47.9 Å². The van der Waals surface area contributed by atoms with Crippen LogP contribution in [0.15, 0.2) is 35.3 Å². The highest BCUT2D eigenvalue weighted by molar-refractivity contribution is 5.55. The van der Waals surface area contributed by atoms with Crippen LogP contribution in [0.2, 0.25) is 0 Å². The average Bonchev–Trinajstić information content (AvgIpc) is 2.80. The van der Waals surface area contributed by atoms with Crippen molar-refractivity contribution in [2.45, 2.75) is 33.6 Å². The third-order valence-electron chi connectivity index (χ3n) is 3.01. The van der Waals surface area contributed by atoms with Crippen molar-refractivity contribution in [1.82, 2.24) is 10.2 Å². The number of hydrogen-bond acceptors (Lipinski definition) is 3. The lowest BCUT2D eigenvalue weighted by Crippen LogP contribution is -1.93. The number of aryl methyl sites for hydroxylation is 1. The van der Waals surface area contributed by atoms with E-state index in [1.165, 1.54) is 11.1 Å². The van der Waals surface area contributed by atoms with Crippen LogP contribution >= 0.6 is 0 Å². The Kier molecular flexibility index (Phi) is 4.15. The molecule has 0 aliphatic heterocycles. The molecule has 0 aliphatic carbocycles. The first kappa shape index (κ1) is 13.5. The summed E-state index contributed by atoms with van der Waals surface area (Å²) in [5, 5.41) is 8.22. The number of rotatable bonds is 5. The van der Waals surface area contributed by atoms with E-state index in [2.05, 4.69) is 49.7 Å². The van der Waals surface area contributed by atoms with Crippen LogP contribution in [0.5, 0.6) is 0 Å². The standard InChI is InChI=1S/C16H20N2O/c1-5-6-13-10-14(8-7-12(13)4)16-18-17-15(19-16)9-11(2)3/h5,7-8,10-11H,1,6,9H2,2-4H3. The monoisotopic (exact) mass is 256 g/mol. The van der Waals surface area contributed by atoms with Crippen LogP contribution in [-0.4, -0.2) is 10.2 Å². The molecular formula is C16H20N2O. The van der Waals surface area contributed by atoms with E-state index in [9.17, 15) is 0 Å². The van der Waals surface area contributed by atoms with Crippen LogP contribution in [-0.2, 0) is 12.8 Å². The largest absolute Gasteiger partial charge is 0.421 e. The Bertz CT molecular complexity index is 570. The number of nitrogens with zero attached hydrogens (tertiary/aromatic N) is 2. The summed E-state index contributed by atoms with van der Waals surface area (Å²) in [7, 11) is 0. The molecule has 0 atom stereocenters. The molecule has 0 fully saturated rings. The van der Waals surface area contributed by atoms with Gasteiger partial charge in [-0.1, -0.05) is 26.0 Å². The van der Waals surface area contributed by atoms with Crippen molar-refractivity contribution in [3.63, 3.8) is 0 Å². The van der Waals surface area contributed by atoms with E-state index in [1.807, 2.05) is 12.1 Å². The van der Waals surface area contributed by atoms with Gasteiger partial charge in [-0.05, 0) is 42.5 Å². The third-order valence-corrected chi connectivity index (χ3v) is 3.01. The number of hydrogen-bond donors (Lipinski definition) is 0. The lowest BCUT2D eigenvalue weighted by atomic mass is 10.0. The molecule has 3 nitrogen and oxygen atoms in total. The zero-order chi connectivity index (χ0) is 13.8. The molecule has 1 aromatic carbocycles. The summed E-state index contributed by atoms with van der Waals surface area (Å²) >= 11 is 0. The molecule has 0 saturated carbocycles. The van der Waals surface area contributed by atoms with Crippen LogP contribution in [0.4, 0.5) is 0 Å². The van der Waals surface area contributed by atoms with Crippen molar-refractivity contribution in [2.75, 3.05) is 0 Å². The van der Waals surface area contributed by atoms with E-state index < -0.39 is 0 Å². The number of allylic oxidation sites excluding steroid dienone is 1. The van der Waals surface area contributed by atoms with E-state index in [-0.39, 0.29) is 0 Å². The summed E-state index contributed by atoms with van der Waals surface area (Å²) in [6.45, 7) is 10.2. The van der Waals surface area contributed by atoms with Gasteiger partial charge in [0, 0.05) is 12.0 Å². The Balaban J connectivity index is 2.28. The molecule has 100 valence electrons. The van der Waals surface area contributed by atoms with Crippen LogP contribution in [0.25, 0.3) is 11.5 Å². The zero-order valence-electron chi connectivity index (χ0n) is 11.8. The fourth-order valence-corrected chi connectivity index (χ4v) is 1.98. The molecule has 0 N–H and O–H groups in total. The summed E-state index contributed by atoms with van der Waals surface area (Å²) in [4.78, 5) is 0. The smallest absolute Gasteiger partial charge is 0.247 e. The first-order valence-corrected chi connectivity index (χ1v) is 6.63. The van der Waals surface area contributed by atoms with E-state index in [4.69, 9.17) is 4.42 Å². The Morgan fingerprint density at radius 2 is 2.11 bits per heavy atom. The second kappa shape index (κ2) is 5.83. The van der Waals surface area contributed by atoms with Crippen LogP contribution in [0, 0.1) is 12.8 Å². The average molecular weight is 256 g/mol. The summed E-state index contributed by atoms with van der Waals surface area (Å²) < 4.78 is 5.71. The molecule has 1 aromatic heterocycles.